The van der Waals surface area contributed by atoms with Gasteiger partial charge in [-0.1, -0.05) is 42.5 Å². The molecule has 0 saturated carbocycles. The maximum Gasteiger partial charge on any atom is 0.416 e. The Labute approximate surface area is 245 Å². The van der Waals surface area contributed by atoms with Crippen LogP contribution in [0.1, 0.15) is 33.8 Å². The second-order valence-electron chi connectivity index (χ2n) is 10.2. The first-order valence-electron chi connectivity index (χ1n) is 13.3. The quantitative estimate of drug-likeness (QED) is 0.188. The van der Waals surface area contributed by atoms with Crippen LogP contribution in [0.2, 0.25) is 0 Å². The minimum Gasteiger partial charge on any atom is -0.322 e. The Morgan fingerprint density at radius 1 is 0.791 bits per heavy atom. The van der Waals surface area contributed by atoms with Crippen molar-refractivity contribution in [1.82, 2.24) is 14.9 Å². The monoisotopic (exact) mass is 590 g/mol. The fraction of sp³-hybridized carbons (Fsp3) is 0.152. The molecule has 5 rings (SSSR count). The fourth-order valence-electron chi connectivity index (χ4n) is 5.16. The molecular formula is C33H27F5N4O. The summed E-state index contributed by atoms with van der Waals surface area (Å²) in [5.74, 6) is -2.26. The zero-order valence-electron chi connectivity index (χ0n) is 23.2. The van der Waals surface area contributed by atoms with Crippen molar-refractivity contribution in [3.05, 3.63) is 149 Å². The Morgan fingerprint density at radius 3 is 2.12 bits per heavy atom. The molecule has 2 heterocycles. The first-order chi connectivity index (χ1) is 20.5. The number of carbonyl (C=O) groups is 1. The lowest BCUT2D eigenvalue weighted by Gasteiger charge is -2.36. The van der Waals surface area contributed by atoms with Gasteiger partial charge in [-0.15, -0.1) is 0 Å². The van der Waals surface area contributed by atoms with Gasteiger partial charge in [0.05, 0.1) is 23.1 Å². The summed E-state index contributed by atoms with van der Waals surface area (Å²) in [7, 11) is 0. The van der Waals surface area contributed by atoms with Gasteiger partial charge in [-0.3, -0.25) is 4.98 Å². The minimum absolute atomic E-state index is 0.0221. The summed E-state index contributed by atoms with van der Waals surface area (Å²) < 4.78 is 71.1. The van der Waals surface area contributed by atoms with Gasteiger partial charge in [0, 0.05) is 29.6 Å². The molecule has 220 valence electrons. The zero-order valence-corrected chi connectivity index (χ0v) is 23.2. The number of hydrogen-bond donors (Lipinski definition) is 2. The van der Waals surface area contributed by atoms with Gasteiger partial charge in [-0.25, -0.2) is 13.6 Å². The second-order valence-corrected chi connectivity index (χ2v) is 10.2. The highest BCUT2D eigenvalue weighted by Crippen LogP contribution is 2.37. The van der Waals surface area contributed by atoms with Crippen molar-refractivity contribution >= 4 is 11.7 Å². The smallest absolute Gasteiger partial charge is 0.322 e. The normalized spacial score (nSPS) is 12.9. The molecule has 1 unspecified atom stereocenters. The molecular weight excluding hydrogens is 563 g/mol. The molecule has 0 radical (unpaired) electrons. The molecule has 10 heteroatoms. The Hall–Kier alpha value is -4.99. The van der Waals surface area contributed by atoms with Crippen LogP contribution >= 0.6 is 0 Å². The third kappa shape index (κ3) is 6.28. The van der Waals surface area contributed by atoms with Gasteiger partial charge in [0.1, 0.15) is 5.54 Å². The number of pyridine rings is 1. The van der Waals surface area contributed by atoms with E-state index >= 15 is 0 Å². The average Bonchev–Trinajstić information content (AvgIpc) is 3.32. The SMILES string of the molecule is Cc1ccc(C)n1-c1ccc(C(Cc2ccccc2)(NC(=O)Nc2ccc(F)c(F)c2)c2cccc(C(F)(F)F)c2)nc1. The highest BCUT2D eigenvalue weighted by molar-refractivity contribution is 5.90. The maximum atomic E-state index is 13.9. The number of aryl methyl sites for hydroxylation is 2. The van der Waals surface area contributed by atoms with Gasteiger partial charge in [0.15, 0.2) is 11.6 Å². The predicted molar refractivity (Wildman–Crippen MR) is 154 cm³/mol. The van der Waals surface area contributed by atoms with Gasteiger partial charge in [-0.05, 0) is 73.5 Å². The van der Waals surface area contributed by atoms with Crippen LogP contribution in [0.25, 0.3) is 5.69 Å². The van der Waals surface area contributed by atoms with Gasteiger partial charge in [0.25, 0.3) is 0 Å². The van der Waals surface area contributed by atoms with Crippen LogP contribution in [0, 0.1) is 25.5 Å². The van der Waals surface area contributed by atoms with E-state index in [4.69, 9.17) is 0 Å². The van der Waals surface area contributed by atoms with Crippen molar-refractivity contribution in [3.8, 4) is 5.69 Å². The van der Waals surface area contributed by atoms with Crippen LogP contribution in [0.3, 0.4) is 0 Å². The molecule has 43 heavy (non-hydrogen) atoms. The summed E-state index contributed by atoms with van der Waals surface area (Å²) in [6.07, 6.45) is -3.03. The van der Waals surface area contributed by atoms with E-state index < -0.39 is 34.9 Å². The molecule has 0 saturated heterocycles. The Bertz CT molecular complexity index is 1730. The number of rotatable bonds is 7. The molecule has 5 nitrogen and oxygen atoms in total. The van der Waals surface area contributed by atoms with E-state index in [0.29, 0.717) is 5.56 Å². The molecule has 0 aliphatic carbocycles. The maximum absolute atomic E-state index is 13.9. The van der Waals surface area contributed by atoms with Crippen LogP contribution in [0.15, 0.2) is 103 Å². The van der Waals surface area contributed by atoms with Gasteiger partial charge >= 0.3 is 12.2 Å². The molecule has 1 atom stereocenters. The van der Waals surface area contributed by atoms with E-state index in [1.165, 1.54) is 18.2 Å². The van der Waals surface area contributed by atoms with Crippen molar-refractivity contribution in [2.24, 2.45) is 0 Å². The average molecular weight is 591 g/mol. The molecule has 5 aromatic rings. The van der Waals surface area contributed by atoms with Gasteiger partial charge in [-0.2, -0.15) is 13.2 Å². The molecule has 0 spiro atoms. The third-order valence-electron chi connectivity index (χ3n) is 7.21. The molecule has 0 bridgehead atoms. The van der Waals surface area contributed by atoms with E-state index in [0.717, 1.165) is 41.3 Å². The largest absolute Gasteiger partial charge is 0.416 e. The number of benzene rings is 3. The molecule has 0 fully saturated rings. The van der Waals surface area contributed by atoms with E-state index in [1.54, 1.807) is 48.7 Å². The van der Waals surface area contributed by atoms with Crippen LogP contribution in [0.4, 0.5) is 32.4 Å². The van der Waals surface area contributed by atoms with E-state index in [1.807, 2.05) is 30.5 Å². The van der Waals surface area contributed by atoms with Crippen LogP contribution in [-0.2, 0) is 18.1 Å². The summed E-state index contributed by atoms with van der Waals surface area (Å²) >= 11 is 0. The number of urea groups is 1. The highest BCUT2D eigenvalue weighted by Gasteiger charge is 2.40. The van der Waals surface area contributed by atoms with Gasteiger partial charge < -0.3 is 15.2 Å². The number of carbonyl (C=O) groups excluding carboxylic acids is 1. The number of hydrogen-bond acceptors (Lipinski definition) is 2. The molecule has 2 N–H and O–H groups in total. The number of halogens is 5. The Morgan fingerprint density at radius 2 is 1.49 bits per heavy atom. The first kappa shape index (κ1) is 29.5. The van der Waals surface area contributed by atoms with Crippen molar-refractivity contribution in [2.45, 2.75) is 32.0 Å². The molecule has 0 aliphatic rings. The van der Waals surface area contributed by atoms with Crippen LogP contribution in [-0.4, -0.2) is 15.6 Å². The highest BCUT2D eigenvalue weighted by atomic mass is 19.4. The fourth-order valence-corrected chi connectivity index (χ4v) is 5.16. The number of anilines is 1. The Kier molecular flexibility index (Phi) is 8.04. The van der Waals surface area contributed by atoms with Crippen molar-refractivity contribution in [3.63, 3.8) is 0 Å². The molecule has 0 aliphatic heterocycles. The Balaban J connectivity index is 1.67. The minimum atomic E-state index is -4.65. The zero-order chi connectivity index (χ0) is 30.8. The second kappa shape index (κ2) is 11.7. The standard InChI is InChI=1S/C33H27F5N4O/c1-21-11-12-22(2)42(21)27-14-16-30(39-20-27)32(19-23-7-4-3-5-8-23,24-9-6-10-25(17-24)33(36,37)38)41-31(43)40-26-13-15-28(34)29(35)18-26/h3-18,20H,19H2,1-2H3,(H2,40,41,43). The third-order valence-corrected chi connectivity index (χ3v) is 7.21. The number of nitrogens with one attached hydrogen (secondary N) is 2. The van der Waals surface area contributed by atoms with Crippen molar-refractivity contribution in [2.75, 3.05) is 5.32 Å². The summed E-state index contributed by atoms with van der Waals surface area (Å²) in [6.45, 7) is 3.88. The molecule has 2 aromatic heterocycles. The number of amides is 2. The van der Waals surface area contributed by atoms with Gasteiger partial charge in [0.2, 0.25) is 0 Å². The summed E-state index contributed by atoms with van der Waals surface area (Å²) in [5, 5.41) is 5.32. The van der Waals surface area contributed by atoms with E-state index in [-0.39, 0.29) is 23.4 Å². The predicted octanol–water partition coefficient (Wildman–Crippen LogP) is 8.09. The van der Waals surface area contributed by atoms with E-state index in [9.17, 15) is 26.7 Å². The van der Waals surface area contributed by atoms with Crippen molar-refractivity contribution in [1.29, 1.82) is 0 Å². The van der Waals surface area contributed by atoms with Crippen LogP contribution < -0.4 is 10.6 Å². The summed E-state index contributed by atoms with van der Waals surface area (Å²) in [4.78, 5) is 18.2. The lowest BCUT2D eigenvalue weighted by molar-refractivity contribution is -0.137. The van der Waals surface area contributed by atoms with Crippen LogP contribution in [0.5, 0.6) is 0 Å². The summed E-state index contributed by atoms with van der Waals surface area (Å²) in [6, 6.07) is 23.0. The number of nitrogens with zero attached hydrogens (tertiary/aromatic N) is 2. The lowest BCUT2D eigenvalue weighted by Crippen LogP contribution is -2.50. The molecule has 3 aromatic carbocycles. The number of aromatic nitrogens is 2. The lowest BCUT2D eigenvalue weighted by atomic mass is 9.80. The number of alkyl halides is 3. The topological polar surface area (TPSA) is 59.0 Å². The summed E-state index contributed by atoms with van der Waals surface area (Å²) in [5.41, 5.74) is 1.18. The van der Waals surface area contributed by atoms with E-state index in [2.05, 4.69) is 15.6 Å². The van der Waals surface area contributed by atoms with Crippen molar-refractivity contribution < 1.29 is 26.7 Å². The first-order valence-corrected chi connectivity index (χ1v) is 13.3. The molecule has 2 amide bonds.